The zero-order valence-corrected chi connectivity index (χ0v) is 11.3. The standard InChI is InChI=1S/C14H21N3O2/c1-11(17-7-3-2-4-8-17)9-16-14(19)12-10-15-6-5-13(12)18/h5-6,10-11H,2-4,7-9H2,1H3,(H,15,18)(H,16,19). The minimum Gasteiger partial charge on any atom is -0.367 e. The highest BCUT2D eigenvalue weighted by atomic mass is 16.2. The van der Waals surface area contributed by atoms with Crippen molar-refractivity contribution in [1.29, 1.82) is 0 Å². The summed E-state index contributed by atoms with van der Waals surface area (Å²) in [4.78, 5) is 28.6. The minimum atomic E-state index is -0.300. The van der Waals surface area contributed by atoms with Crippen LogP contribution in [0.4, 0.5) is 0 Å². The molecule has 5 heteroatoms. The van der Waals surface area contributed by atoms with Crippen molar-refractivity contribution in [2.24, 2.45) is 0 Å². The third-order valence-corrected chi connectivity index (χ3v) is 3.64. The van der Waals surface area contributed by atoms with E-state index in [9.17, 15) is 9.59 Å². The van der Waals surface area contributed by atoms with Crippen LogP contribution in [0, 0.1) is 0 Å². The molecule has 2 rings (SSSR count). The summed E-state index contributed by atoms with van der Waals surface area (Å²) in [7, 11) is 0. The number of hydrogen-bond donors (Lipinski definition) is 2. The smallest absolute Gasteiger partial charge is 0.256 e. The lowest BCUT2D eigenvalue weighted by molar-refractivity contribution is 0.0928. The van der Waals surface area contributed by atoms with E-state index in [1.54, 1.807) is 0 Å². The number of rotatable bonds is 4. The number of carbonyl (C=O) groups is 1. The van der Waals surface area contributed by atoms with Gasteiger partial charge in [-0.25, -0.2) is 0 Å². The molecule has 0 radical (unpaired) electrons. The Bertz CT molecular complexity index is 478. The van der Waals surface area contributed by atoms with Gasteiger partial charge in [-0.05, 0) is 32.9 Å². The summed E-state index contributed by atoms with van der Waals surface area (Å²) >= 11 is 0. The summed E-state index contributed by atoms with van der Waals surface area (Å²) in [5.41, 5.74) is -0.0739. The second kappa shape index (κ2) is 6.52. The van der Waals surface area contributed by atoms with Crippen molar-refractivity contribution in [2.75, 3.05) is 19.6 Å². The number of likely N-dealkylation sites (tertiary alicyclic amines) is 1. The molecule has 2 heterocycles. The first kappa shape index (κ1) is 13.8. The largest absolute Gasteiger partial charge is 0.367 e. The minimum absolute atomic E-state index is 0.174. The van der Waals surface area contributed by atoms with Crippen molar-refractivity contribution < 1.29 is 4.79 Å². The van der Waals surface area contributed by atoms with E-state index in [-0.39, 0.29) is 16.9 Å². The molecular formula is C14H21N3O2. The van der Waals surface area contributed by atoms with E-state index in [2.05, 4.69) is 22.1 Å². The third-order valence-electron chi connectivity index (χ3n) is 3.64. The fraction of sp³-hybridized carbons (Fsp3) is 0.571. The van der Waals surface area contributed by atoms with Crippen LogP contribution in [0.3, 0.4) is 0 Å². The molecule has 1 amide bonds. The second-order valence-corrected chi connectivity index (χ2v) is 5.08. The molecule has 1 aliphatic rings. The van der Waals surface area contributed by atoms with Gasteiger partial charge in [0.05, 0.1) is 0 Å². The lowest BCUT2D eigenvalue weighted by atomic mass is 10.1. The molecule has 0 bridgehead atoms. The fourth-order valence-electron chi connectivity index (χ4n) is 2.42. The summed E-state index contributed by atoms with van der Waals surface area (Å²) < 4.78 is 0. The molecule has 1 fully saturated rings. The first-order valence-electron chi connectivity index (χ1n) is 6.88. The highest BCUT2D eigenvalue weighted by Crippen LogP contribution is 2.11. The van der Waals surface area contributed by atoms with Crippen LogP contribution in [0.5, 0.6) is 0 Å². The molecule has 2 N–H and O–H groups in total. The Hall–Kier alpha value is -1.62. The van der Waals surface area contributed by atoms with Gasteiger partial charge in [0.25, 0.3) is 5.91 Å². The lowest BCUT2D eigenvalue weighted by Gasteiger charge is -2.32. The van der Waals surface area contributed by atoms with Crippen LogP contribution in [-0.2, 0) is 0 Å². The van der Waals surface area contributed by atoms with E-state index in [1.165, 1.54) is 37.7 Å². The Balaban J connectivity index is 1.86. The zero-order chi connectivity index (χ0) is 13.7. The quantitative estimate of drug-likeness (QED) is 0.851. The molecule has 1 unspecified atom stereocenters. The Morgan fingerprint density at radius 1 is 1.42 bits per heavy atom. The third kappa shape index (κ3) is 3.67. The maximum Gasteiger partial charge on any atom is 0.256 e. The number of nitrogens with zero attached hydrogens (tertiary/aromatic N) is 1. The van der Waals surface area contributed by atoms with Gasteiger partial charge in [-0.3, -0.25) is 14.5 Å². The fourth-order valence-corrected chi connectivity index (χ4v) is 2.42. The van der Waals surface area contributed by atoms with Gasteiger partial charge in [0.1, 0.15) is 5.56 Å². The number of hydrogen-bond acceptors (Lipinski definition) is 3. The van der Waals surface area contributed by atoms with Crippen molar-refractivity contribution >= 4 is 5.91 Å². The number of amides is 1. The van der Waals surface area contributed by atoms with Gasteiger partial charge < -0.3 is 10.3 Å². The first-order valence-corrected chi connectivity index (χ1v) is 6.88. The van der Waals surface area contributed by atoms with E-state index in [1.807, 2.05) is 0 Å². The molecule has 5 nitrogen and oxygen atoms in total. The van der Waals surface area contributed by atoms with Crippen LogP contribution >= 0.6 is 0 Å². The van der Waals surface area contributed by atoms with Crippen LogP contribution < -0.4 is 10.7 Å². The summed E-state index contributed by atoms with van der Waals surface area (Å²) in [6.07, 6.45) is 6.74. The predicted octanol–water partition coefficient (Wildman–Crippen LogP) is 0.979. The number of nitrogens with one attached hydrogen (secondary N) is 2. The van der Waals surface area contributed by atoms with E-state index in [0.717, 1.165) is 13.1 Å². The summed E-state index contributed by atoms with van der Waals surface area (Å²) in [5.74, 6) is -0.300. The highest BCUT2D eigenvalue weighted by Gasteiger charge is 2.17. The molecule has 1 aliphatic heterocycles. The first-order chi connectivity index (χ1) is 9.18. The van der Waals surface area contributed by atoms with E-state index >= 15 is 0 Å². The number of H-pyrrole nitrogens is 1. The number of pyridine rings is 1. The maximum atomic E-state index is 11.9. The normalized spacial score (nSPS) is 17.9. The average molecular weight is 263 g/mol. The van der Waals surface area contributed by atoms with Crippen molar-refractivity contribution in [3.63, 3.8) is 0 Å². The molecule has 1 saturated heterocycles. The SMILES string of the molecule is CC(CNC(=O)c1c[nH]ccc1=O)N1CCCCC1. The van der Waals surface area contributed by atoms with Gasteiger partial charge in [-0.15, -0.1) is 0 Å². The predicted molar refractivity (Wildman–Crippen MR) is 74.3 cm³/mol. The van der Waals surface area contributed by atoms with Crippen LogP contribution in [-0.4, -0.2) is 41.5 Å². The van der Waals surface area contributed by atoms with Gasteiger partial charge in [0, 0.05) is 31.0 Å². The second-order valence-electron chi connectivity index (χ2n) is 5.08. The molecule has 0 saturated carbocycles. The maximum absolute atomic E-state index is 11.9. The van der Waals surface area contributed by atoms with Crippen molar-refractivity contribution in [1.82, 2.24) is 15.2 Å². The lowest BCUT2D eigenvalue weighted by Crippen LogP contribution is -2.44. The Kier molecular flexibility index (Phi) is 4.74. The van der Waals surface area contributed by atoms with Crippen molar-refractivity contribution in [3.05, 3.63) is 34.2 Å². The van der Waals surface area contributed by atoms with Crippen molar-refractivity contribution in [3.8, 4) is 0 Å². The molecule has 19 heavy (non-hydrogen) atoms. The summed E-state index contributed by atoms with van der Waals surface area (Å²) in [6, 6.07) is 1.68. The molecule has 1 aromatic rings. The van der Waals surface area contributed by atoms with E-state index < -0.39 is 0 Å². The van der Waals surface area contributed by atoms with Gasteiger partial charge in [0.15, 0.2) is 5.43 Å². The van der Waals surface area contributed by atoms with E-state index in [0.29, 0.717) is 12.6 Å². The number of piperidine rings is 1. The number of aromatic nitrogens is 1. The van der Waals surface area contributed by atoms with Crippen LogP contribution in [0.1, 0.15) is 36.5 Å². The zero-order valence-electron chi connectivity index (χ0n) is 11.3. The Morgan fingerprint density at radius 3 is 2.84 bits per heavy atom. The highest BCUT2D eigenvalue weighted by molar-refractivity contribution is 5.93. The van der Waals surface area contributed by atoms with Crippen molar-refractivity contribution in [2.45, 2.75) is 32.2 Å². The summed E-state index contributed by atoms with van der Waals surface area (Å²) in [6.45, 7) is 4.89. The molecule has 0 spiro atoms. The monoisotopic (exact) mass is 263 g/mol. The average Bonchev–Trinajstić information content (AvgIpc) is 2.46. The van der Waals surface area contributed by atoms with Crippen LogP contribution in [0.2, 0.25) is 0 Å². The van der Waals surface area contributed by atoms with E-state index in [4.69, 9.17) is 0 Å². The number of aromatic amines is 1. The van der Waals surface area contributed by atoms with Gasteiger partial charge in [0.2, 0.25) is 0 Å². The van der Waals surface area contributed by atoms with Gasteiger partial charge in [-0.2, -0.15) is 0 Å². The van der Waals surface area contributed by atoms with Gasteiger partial charge in [-0.1, -0.05) is 6.42 Å². The molecule has 1 atom stereocenters. The summed E-state index contributed by atoms with van der Waals surface area (Å²) in [5, 5.41) is 2.84. The van der Waals surface area contributed by atoms with Gasteiger partial charge >= 0.3 is 0 Å². The topological polar surface area (TPSA) is 65.2 Å². The molecular weight excluding hydrogens is 242 g/mol. The van der Waals surface area contributed by atoms with Crippen LogP contribution in [0.25, 0.3) is 0 Å². The number of carbonyl (C=O) groups excluding carboxylic acids is 1. The molecule has 0 aliphatic carbocycles. The van der Waals surface area contributed by atoms with Crippen LogP contribution in [0.15, 0.2) is 23.3 Å². The molecule has 0 aromatic carbocycles. The Labute approximate surface area is 113 Å². The Morgan fingerprint density at radius 2 is 2.16 bits per heavy atom. The molecule has 1 aromatic heterocycles. The molecule has 104 valence electrons.